The number of rotatable bonds is 5. The highest BCUT2D eigenvalue weighted by Crippen LogP contribution is 2.37. The molecule has 1 unspecified atom stereocenters. The number of unbranched alkanes of at least 4 members (excludes halogenated alkanes) is 2. The van der Waals surface area contributed by atoms with Crippen molar-refractivity contribution in [2.75, 3.05) is 0 Å². The van der Waals surface area contributed by atoms with Crippen molar-refractivity contribution in [2.24, 2.45) is 17.8 Å². The Morgan fingerprint density at radius 1 is 0.783 bits per heavy atom. The molecule has 1 rings (SSSR count). The van der Waals surface area contributed by atoms with Crippen LogP contribution in [0.25, 0.3) is 0 Å². The zero-order chi connectivity index (χ0) is 19.1. The van der Waals surface area contributed by atoms with E-state index in [1.54, 1.807) is 0 Å². The molecule has 0 amide bonds. The predicted octanol–water partition coefficient (Wildman–Crippen LogP) is 9.52. The van der Waals surface area contributed by atoms with Gasteiger partial charge in [-0.05, 0) is 37.0 Å². The molecule has 1 fully saturated rings. The second kappa shape index (κ2) is 29.9. The van der Waals surface area contributed by atoms with Crippen LogP contribution in [0.5, 0.6) is 0 Å². The van der Waals surface area contributed by atoms with E-state index >= 15 is 0 Å². The van der Waals surface area contributed by atoms with Crippen LogP contribution < -0.4 is 0 Å². The molecule has 0 heterocycles. The standard InChI is InChI=1S/C10H20.C5H12.2C3H8.C2H6/c1-4-8(2)5-10-6-9(3)7-10;1-3-5-4-2;2*1-3-2;1-2/h8-10H,4-7H2,1-3H3;3-5H2,1-2H3;2*3H2,1-2H3;1-2H3. The van der Waals surface area contributed by atoms with Crippen molar-refractivity contribution in [3.63, 3.8) is 0 Å². The Morgan fingerprint density at radius 2 is 1.13 bits per heavy atom. The summed E-state index contributed by atoms with van der Waals surface area (Å²) in [6, 6.07) is 0. The van der Waals surface area contributed by atoms with Gasteiger partial charge in [0.05, 0.1) is 0 Å². The molecule has 1 saturated carbocycles. The normalized spacial score (nSPS) is 18.9. The summed E-state index contributed by atoms with van der Waals surface area (Å²) in [6.45, 7) is 24.0. The van der Waals surface area contributed by atoms with Crippen molar-refractivity contribution in [3.8, 4) is 0 Å². The second-order valence-corrected chi connectivity index (χ2v) is 6.96. The fourth-order valence-corrected chi connectivity index (χ4v) is 2.35. The van der Waals surface area contributed by atoms with Gasteiger partial charge in [0, 0.05) is 0 Å². The summed E-state index contributed by atoms with van der Waals surface area (Å²) in [5, 5.41) is 0. The fourth-order valence-electron chi connectivity index (χ4n) is 2.35. The van der Waals surface area contributed by atoms with Gasteiger partial charge in [-0.15, -0.1) is 0 Å². The third-order valence-electron chi connectivity index (χ3n) is 3.61. The minimum absolute atomic E-state index is 0.970. The maximum atomic E-state index is 2.38. The van der Waals surface area contributed by atoms with Crippen LogP contribution in [0.3, 0.4) is 0 Å². The average Bonchev–Trinajstić information content (AvgIpc) is 2.50. The molecule has 0 bridgehead atoms. The highest BCUT2D eigenvalue weighted by Gasteiger charge is 2.25. The molecule has 1 aliphatic rings. The highest BCUT2D eigenvalue weighted by atomic mass is 14.3. The van der Waals surface area contributed by atoms with Crippen LogP contribution in [-0.2, 0) is 0 Å². The quantitative estimate of drug-likeness (QED) is 0.470. The Kier molecular flexibility index (Phi) is 40.1. The van der Waals surface area contributed by atoms with E-state index in [4.69, 9.17) is 0 Å². The molecule has 0 nitrogen and oxygen atoms in total. The zero-order valence-corrected chi connectivity index (χ0v) is 19.1. The maximum Gasteiger partial charge on any atom is -0.0407 e. The van der Waals surface area contributed by atoms with Crippen molar-refractivity contribution >= 4 is 0 Å². The van der Waals surface area contributed by atoms with E-state index < -0.39 is 0 Å². The summed E-state index contributed by atoms with van der Waals surface area (Å²) >= 11 is 0. The minimum atomic E-state index is 0.970. The molecule has 0 aromatic rings. The molecule has 0 saturated heterocycles. The third-order valence-corrected chi connectivity index (χ3v) is 3.61. The van der Waals surface area contributed by atoms with E-state index in [0.29, 0.717) is 0 Å². The van der Waals surface area contributed by atoms with Crippen molar-refractivity contribution < 1.29 is 0 Å². The Morgan fingerprint density at radius 3 is 1.30 bits per heavy atom. The van der Waals surface area contributed by atoms with Crippen LogP contribution in [0.15, 0.2) is 0 Å². The van der Waals surface area contributed by atoms with Gasteiger partial charge in [-0.1, -0.05) is 115 Å². The first-order valence-electron chi connectivity index (χ1n) is 11.0. The summed E-state index contributed by atoms with van der Waals surface area (Å²) < 4.78 is 0. The maximum absolute atomic E-state index is 2.38. The molecule has 0 N–H and O–H groups in total. The van der Waals surface area contributed by atoms with Gasteiger partial charge < -0.3 is 0 Å². The zero-order valence-electron chi connectivity index (χ0n) is 19.1. The summed E-state index contributed by atoms with van der Waals surface area (Å²) in [5.74, 6) is 3.09. The highest BCUT2D eigenvalue weighted by molar-refractivity contribution is 4.77. The summed E-state index contributed by atoms with van der Waals surface area (Å²) in [7, 11) is 0. The molecule has 0 spiro atoms. The monoisotopic (exact) mass is 330 g/mol. The second-order valence-electron chi connectivity index (χ2n) is 6.96. The van der Waals surface area contributed by atoms with E-state index in [1.807, 2.05) is 13.8 Å². The molecule has 0 heteroatoms. The fraction of sp³-hybridized carbons (Fsp3) is 1.00. The van der Waals surface area contributed by atoms with Crippen molar-refractivity contribution in [2.45, 2.75) is 134 Å². The average molecular weight is 331 g/mol. The van der Waals surface area contributed by atoms with Gasteiger partial charge in [0.2, 0.25) is 0 Å². The van der Waals surface area contributed by atoms with Gasteiger partial charge in [0.25, 0.3) is 0 Å². The lowest BCUT2D eigenvalue weighted by atomic mass is 9.72. The molecule has 0 aliphatic heterocycles. The molecule has 1 atom stereocenters. The largest absolute Gasteiger partial charge is 0.0683 e. The molecule has 0 aromatic carbocycles. The van der Waals surface area contributed by atoms with Gasteiger partial charge in [-0.25, -0.2) is 0 Å². The molecule has 1 aliphatic carbocycles. The topological polar surface area (TPSA) is 0 Å². The number of hydrogen-bond acceptors (Lipinski definition) is 0. The summed E-state index contributed by atoms with van der Waals surface area (Å²) in [5.41, 5.74) is 0. The Hall–Kier alpha value is 0. The van der Waals surface area contributed by atoms with E-state index in [9.17, 15) is 0 Å². The van der Waals surface area contributed by atoms with E-state index in [2.05, 4.69) is 62.3 Å². The molecular formula is C23H54. The lowest BCUT2D eigenvalue weighted by Gasteiger charge is -2.34. The van der Waals surface area contributed by atoms with E-state index in [1.165, 1.54) is 57.8 Å². The Bertz CT molecular complexity index is 140. The van der Waals surface area contributed by atoms with Crippen molar-refractivity contribution in [3.05, 3.63) is 0 Å². The van der Waals surface area contributed by atoms with Gasteiger partial charge >= 0.3 is 0 Å². The van der Waals surface area contributed by atoms with E-state index in [0.717, 1.165) is 17.8 Å². The lowest BCUT2D eigenvalue weighted by molar-refractivity contribution is 0.175. The minimum Gasteiger partial charge on any atom is -0.0683 e. The van der Waals surface area contributed by atoms with Crippen molar-refractivity contribution in [1.82, 2.24) is 0 Å². The molecule has 0 aromatic heterocycles. The van der Waals surface area contributed by atoms with Gasteiger partial charge in [0.15, 0.2) is 0 Å². The van der Waals surface area contributed by atoms with Gasteiger partial charge in [-0.3, -0.25) is 0 Å². The van der Waals surface area contributed by atoms with Gasteiger partial charge in [0.1, 0.15) is 0 Å². The smallest absolute Gasteiger partial charge is 0.0407 e. The molecular weight excluding hydrogens is 276 g/mol. The first-order chi connectivity index (χ1) is 11.0. The summed E-state index contributed by atoms with van der Waals surface area (Å²) in [4.78, 5) is 0. The lowest BCUT2D eigenvalue weighted by Crippen LogP contribution is -2.22. The van der Waals surface area contributed by atoms with Crippen LogP contribution in [0, 0.1) is 17.8 Å². The Balaban J connectivity index is -0.000000118. The number of hydrogen-bond donors (Lipinski definition) is 0. The third kappa shape index (κ3) is 34.4. The van der Waals surface area contributed by atoms with Crippen molar-refractivity contribution in [1.29, 1.82) is 0 Å². The molecule has 146 valence electrons. The van der Waals surface area contributed by atoms with Gasteiger partial charge in [-0.2, -0.15) is 0 Å². The Labute approximate surface area is 152 Å². The molecule has 0 radical (unpaired) electrons. The molecule has 23 heavy (non-hydrogen) atoms. The van der Waals surface area contributed by atoms with Crippen LogP contribution in [0.1, 0.15) is 134 Å². The van der Waals surface area contributed by atoms with Crippen LogP contribution >= 0.6 is 0 Å². The SMILES string of the molecule is CC.CCC.CCC.CCC(C)CC1CC(C)C1.CCCCC. The first kappa shape index (κ1) is 30.8. The van der Waals surface area contributed by atoms with Crippen LogP contribution in [-0.4, -0.2) is 0 Å². The summed E-state index contributed by atoms with van der Waals surface area (Å²) in [6.07, 6.45) is 12.4. The van der Waals surface area contributed by atoms with E-state index in [-0.39, 0.29) is 0 Å². The van der Waals surface area contributed by atoms with Crippen LogP contribution in [0.4, 0.5) is 0 Å². The first-order valence-corrected chi connectivity index (χ1v) is 11.0. The predicted molar refractivity (Wildman–Crippen MR) is 114 cm³/mol. The van der Waals surface area contributed by atoms with Crippen LogP contribution in [0.2, 0.25) is 0 Å².